The summed E-state index contributed by atoms with van der Waals surface area (Å²) in [5, 5.41) is 0. The lowest BCUT2D eigenvalue weighted by Gasteiger charge is -2.18. The maximum atomic E-state index is 5.57. The molecular formula is C11H11N3O2. The molecule has 0 radical (unpaired) electrons. The third-order valence-electron chi connectivity index (χ3n) is 2.43. The van der Waals surface area contributed by atoms with Gasteiger partial charge in [0.05, 0.1) is 11.9 Å². The number of hydrogen-bond acceptors (Lipinski definition) is 4. The Kier molecular flexibility index (Phi) is 1.96. The Morgan fingerprint density at radius 3 is 2.75 bits per heavy atom. The topological polar surface area (TPSA) is 62.3 Å². The van der Waals surface area contributed by atoms with Crippen LogP contribution in [0.2, 0.25) is 0 Å². The van der Waals surface area contributed by atoms with Gasteiger partial charge in [-0.25, -0.2) is 4.98 Å². The molecule has 0 atom stereocenters. The van der Waals surface area contributed by atoms with Crippen LogP contribution in [0.4, 0.5) is 5.82 Å². The van der Waals surface area contributed by atoms with E-state index in [1.807, 2.05) is 22.8 Å². The molecule has 0 amide bonds. The zero-order chi connectivity index (χ0) is 11.0. The fraction of sp³-hybridized carbons (Fsp3) is 0.182. The van der Waals surface area contributed by atoms with Gasteiger partial charge in [0, 0.05) is 6.07 Å². The second kappa shape index (κ2) is 3.44. The highest BCUT2D eigenvalue weighted by Gasteiger charge is 2.12. The average molecular weight is 217 g/mol. The number of hydrogen-bond donors (Lipinski definition) is 1. The quantitative estimate of drug-likeness (QED) is 0.780. The van der Waals surface area contributed by atoms with Gasteiger partial charge in [-0.2, -0.15) is 0 Å². The normalized spacial score (nSPS) is 13.8. The van der Waals surface area contributed by atoms with E-state index >= 15 is 0 Å². The third-order valence-corrected chi connectivity index (χ3v) is 2.43. The van der Waals surface area contributed by atoms with E-state index in [0.29, 0.717) is 19.0 Å². The van der Waals surface area contributed by atoms with E-state index in [4.69, 9.17) is 15.2 Å². The van der Waals surface area contributed by atoms with E-state index in [2.05, 4.69) is 4.98 Å². The highest BCUT2D eigenvalue weighted by Crippen LogP contribution is 2.31. The summed E-state index contributed by atoms with van der Waals surface area (Å²) in [6.07, 6.45) is 3.42. The molecule has 5 heteroatoms. The number of ether oxygens (including phenoxy) is 2. The molecule has 0 fully saturated rings. The van der Waals surface area contributed by atoms with Gasteiger partial charge in [-0.3, -0.25) is 0 Å². The van der Waals surface area contributed by atoms with Crippen molar-refractivity contribution in [2.24, 2.45) is 0 Å². The van der Waals surface area contributed by atoms with Crippen LogP contribution in [0.25, 0.3) is 5.69 Å². The first kappa shape index (κ1) is 9.08. The molecule has 3 rings (SSSR count). The molecule has 16 heavy (non-hydrogen) atoms. The van der Waals surface area contributed by atoms with Crippen molar-refractivity contribution in [1.82, 2.24) is 9.55 Å². The molecule has 2 aromatic rings. The predicted octanol–water partition coefficient (Wildman–Crippen LogP) is 1.23. The number of rotatable bonds is 1. The smallest absolute Gasteiger partial charge is 0.163 e. The molecule has 0 saturated carbocycles. The first-order chi connectivity index (χ1) is 7.83. The standard InChI is InChI=1S/C11H11N3O2/c12-11-6-14(7-13-11)8-1-2-9-10(5-8)16-4-3-15-9/h1-2,5-7H,3-4,12H2. The van der Waals surface area contributed by atoms with E-state index in [9.17, 15) is 0 Å². The highest BCUT2D eigenvalue weighted by atomic mass is 16.6. The van der Waals surface area contributed by atoms with Crippen LogP contribution >= 0.6 is 0 Å². The molecule has 5 nitrogen and oxygen atoms in total. The lowest BCUT2D eigenvalue weighted by molar-refractivity contribution is 0.171. The van der Waals surface area contributed by atoms with Crippen molar-refractivity contribution in [3.8, 4) is 17.2 Å². The molecule has 1 aromatic heterocycles. The van der Waals surface area contributed by atoms with Gasteiger partial charge in [0.25, 0.3) is 0 Å². The monoisotopic (exact) mass is 217 g/mol. The van der Waals surface area contributed by atoms with Gasteiger partial charge in [0.15, 0.2) is 11.5 Å². The third kappa shape index (κ3) is 1.46. The molecular weight excluding hydrogens is 206 g/mol. The number of nitrogens with two attached hydrogens (primary N) is 1. The number of fused-ring (bicyclic) bond motifs is 1. The molecule has 2 N–H and O–H groups in total. The minimum Gasteiger partial charge on any atom is -0.486 e. The summed E-state index contributed by atoms with van der Waals surface area (Å²) in [6, 6.07) is 5.74. The summed E-state index contributed by atoms with van der Waals surface area (Å²) in [4.78, 5) is 3.97. The van der Waals surface area contributed by atoms with Gasteiger partial charge in [-0.05, 0) is 12.1 Å². The molecule has 82 valence electrons. The number of aromatic nitrogens is 2. The molecule has 1 aliphatic heterocycles. The molecule has 2 heterocycles. The van der Waals surface area contributed by atoms with Crippen molar-refractivity contribution in [3.05, 3.63) is 30.7 Å². The molecule has 0 unspecified atom stereocenters. The summed E-state index contributed by atoms with van der Waals surface area (Å²) in [5.41, 5.74) is 6.52. The maximum Gasteiger partial charge on any atom is 0.163 e. The minimum atomic E-state index is 0.495. The summed E-state index contributed by atoms with van der Waals surface area (Å²) in [5.74, 6) is 2.04. The molecule has 0 spiro atoms. The fourth-order valence-electron chi connectivity index (χ4n) is 1.67. The molecule has 0 bridgehead atoms. The molecule has 1 aromatic carbocycles. The van der Waals surface area contributed by atoms with Crippen molar-refractivity contribution in [1.29, 1.82) is 0 Å². The number of imidazole rings is 1. The van der Waals surface area contributed by atoms with Gasteiger partial charge >= 0.3 is 0 Å². The Bertz CT molecular complexity index is 522. The maximum absolute atomic E-state index is 5.57. The van der Waals surface area contributed by atoms with Crippen LogP contribution in [0.3, 0.4) is 0 Å². The van der Waals surface area contributed by atoms with Gasteiger partial charge < -0.3 is 19.8 Å². The minimum absolute atomic E-state index is 0.495. The highest BCUT2D eigenvalue weighted by molar-refractivity contribution is 5.50. The Balaban J connectivity index is 2.02. The van der Waals surface area contributed by atoms with Crippen molar-refractivity contribution < 1.29 is 9.47 Å². The van der Waals surface area contributed by atoms with Crippen LogP contribution in [-0.4, -0.2) is 22.8 Å². The lowest BCUT2D eigenvalue weighted by atomic mass is 10.2. The SMILES string of the molecule is Nc1cn(-c2ccc3c(c2)OCCO3)cn1. The largest absolute Gasteiger partial charge is 0.486 e. The van der Waals surface area contributed by atoms with Crippen molar-refractivity contribution in [3.63, 3.8) is 0 Å². The van der Waals surface area contributed by atoms with Crippen LogP contribution in [0.15, 0.2) is 30.7 Å². The fourth-order valence-corrected chi connectivity index (χ4v) is 1.67. The zero-order valence-electron chi connectivity index (χ0n) is 8.59. The Morgan fingerprint density at radius 1 is 1.19 bits per heavy atom. The van der Waals surface area contributed by atoms with E-state index in [-0.39, 0.29) is 0 Å². The summed E-state index contributed by atoms with van der Waals surface area (Å²) in [7, 11) is 0. The number of benzene rings is 1. The summed E-state index contributed by atoms with van der Waals surface area (Å²) in [6.45, 7) is 1.19. The Morgan fingerprint density at radius 2 is 2.00 bits per heavy atom. The van der Waals surface area contributed by atoms with E-state index in [0.717, 1.165) is 17.2 Å². The Hall–Kier alpha value is -2.17. The van der Waals surface area contributed by atoms with E-state index < -0.39 is 0 Å². The Labute approximate surface area is 92.4 Å². The van der Waals surface area contributed by atoms with Gasteiger partial charge in [-0.1, -0.05) is 0 Å². The zero-order valence-corrected chi connectivity index (χ0v) is 8.59. The second-order valence-electron chi connectivity index (χ2n) is 3.53. The van der Waals surface area contributed by atoms with Crippen LogP contribution in [-0.2, 0) is 0 Å². The number of nitrogen functional groups attached to an aromatic ring is 1. The predicted molar refractivity (Wildman–Crippen MR) is 59.0 cm³/mol. The number of nitrogens with zero attached hydrogens (tertiary/aromatic N) is 2. The van der Waals surface area contributed by atoms with Crippen molar-refractivity contribution in [2.45, 2.75) is 0 Å². The summed E-state index contributed by atoms with van der Waals surface area (Å²) < 4.78 is 12.8. The first-order valence-corrected chi connectivity index (χ1v) is 5.02. The second-order valence-corrected chi connectivity index (χ2v) is 3.53. The molecule has 0 aliphatic carbocycles. The lowest BCUT2D eigenvalue weighted by Crippen LogP contribution is -2.15. The summed E-state index contributed by atoms with van der Waals surface area (Å²) >= 11 is 0. The van der Waals surface area contributed by atoms with Crippen LogP contribution in [0, 0.1) is 0 Å². The van der Waals surface area contributed by atoms with Crippen LogP contribution in [0.1, 0.15) is 0 Å². The van der Waals surface area contributed by atoms with Crippen molar-refractivity contribution >= 4 is 5.82 Å². The molecule has 0 saturated heterocycles. The number of anilines is 1. The first-order valence-electron chi connectivity index (χ1n) is 5.02. The van der Waals surface area contributed by atoms with Gasteiger partial charge in [0.2, 0.25) is 0 Å². The molecule has 1 aliphatic rings. The van der Waals surface area contributed by atoms with Crippen LogP contribution < -0.4 is 15.2 Å². The van der Waals surface area contributed by atoms with Gasteiger partial charge in [-0.15, -0.1) is 0 Å². The van der Waals surface area contributed by atoms with E-state index in [1.165, 1.54) is 0 Å². The van der Waals surface area contributed by atoms with Crippen LogP contribution in [0.5, 0.6) is 11.5 Å². The van der Waals surface area contributed by atoms with E-state index in [1.54, 1.807) is 12.5 Å². The average Bonchev–Trinajstić information content (AvgIpc) is 2.75. The van der Waals surface area contributed by atoms with Crippen molar-refractivity contribution in [2.75, 3.05) is 18.9 Å². The van der Waals surface area contributed by atoms with Gasteiger partial charge in [0.1, 0.15) is 25.4 Å².